The molecule has 1 unspecified atom stereocenters. The van der Waals surface area contributed by atoms with Gasteiger partial charge in [0.05, 0.1) is 34.6 Å². The summed E-state index contributed by atoms with van der Waals surface area (Å²) in [7, 11) is 0. The molecule has 0 saturated carbocycles. The van der Waals surface area contributed by atoms with Crippen molar-refractivity contribution >= 4 is 46.8 Å². The number of non-ortho nitro benzene ring substituents is 1. The van der Waals surface area contributed by atoms with E-state index in [0.29, 0.717) is 28.3 Å². The van der Waals surface area contributed by atoms with E-state index in [0.717, 1.165) is 16.0 Å². The molecule has 5 aromatic rings. The smallest absolute Gasteiger partial charge is 0.269 e. The molecule has 16 nitrogen and oxygen atoms in total. The third kappa shape index (κ3) is 7.74. The number of nitro groups is 1. The Labute approximate surface area is 311 Å². The van der Waals surface area contributed by atoms with Gasteiger partial charge in [-0.1, -0.05) is 12.1 Å². The minimum absolute atomic E-state index is 0.000896. The average molecular weight is 743 g/mol. The van der Waals surface area contributed by atoms with Gasteiger partial charge in [0, 0.05) is 41.9 Å². The van der Waals surface area contributed by atoms with E-state index in [1.807, 2.05) is 12.1 Å². The molecule has 3 aromatic carbocycles. The van der Waals surface area contributed by atoms with Crippen molar-refractivity contribution in [2.75, 3.05) is 25.1 Å². The second kappa shape index (κ2) is 15.3. The molecule has 16 heteroatoms. The number of aromatic nitrogens is 1. The molecule has 276 valence electrons. The van der Waals surface area contributed by atoms with Gasteiger partial charge in [-0.3, -0.25) is 49.1 Å². The fourth-order valence-corrected chi connectivity index (χ4v) is 6.21. The fraction of sp³-hybridized carbons (Fsp3) is 0.154. The van der Waals surface area contributed by atoms with Gasteiger partial charge in [0.1, 0.15) is 18.3 Å². The number of fused-ring (bicyclic) bond motifs is 1. The largest absolute Gasteiger partial charge is 0.463 e. The molecule has 6 amide bonds. The van der Waals surface area contributed by atoms with Gasteiger partial charge in [0.2, 0.25) is 17.7 Å². The van der Waals surface area contributed by atoms with Crippen LogP contribution in [0.3, 0.4) is 0 Å². The Morgan fingerprint density at radius 3 is 2.33 bits per heavy atom. The molecule has 0 bridgehead atoms. The summed E-state index contributed by atoms with van der Waals surface area (Å²) in [6, 6.07) is 23.3. The second-order valence-electron chi connectivity index (χ2n) is 12.5. The lowest BCUT2D eigenvalue weighted by Crippen LogP contribution is -2.54. The number of carbonyl (C=O) groups excluding carboxylic acids is 6. The molecule has 7 rings (SSSR count). The maximum absolute atomic E-state index is 13.0. The first kappa shape index (κ1) is 36.0. The highest BCUT2D eigenvalue weighted by Crippen LogP contribution is 2.32. The number of nitro benzene ring substituents is 1. The van der Waals surface area contributed by atoms with Crippen LogP contribution in [0.2, 0.25) is 0 Å². The van der Waals surface area contributed by atoms with Crippen LogP contribution in [0.5, 0.6) is 0 Å². The molecule has 1 saturated heterocycles. The number of hydrogen-bond donors (Lipinski definition) is 3. The van der Waals surface area contributed by atoms with E-state index >= 15 is 0 Å². The quantitative estimate of drug-likeness (QED) is 0.0705. The summed E-state index contributed by atoms with van der Waals surface area (Å²) < 4.78 is 11.0. The van der Waals surface area contributed by atoms with E-state index in [1.54, 1.807) is 48.5 Å². The number of ether oxygens (including phenoxy) is 1. The van der Waals surface area contributed by atoms with Crippen LogP contribution >= 0.6 is 0 Å². The van der Waals surface area contributed by atoms with Crippen molar-refractivity contribution in [2.45, 2.75) is 18.9 Å². The Bertz CT molecular complexity index is 2360. The van der Waals surface area contributed by atoms with Crippen molar-refractivity contribution < 1.29 is 42.8 Å². The molecule has 2 aliphatic heterocycles. The van der Waals surface area contributed by atoms with Crippen LogP contribution in [0.1, 0.15) is 43.9 Å². The maximum atomic E-state index is 13.0. The predicted molar refractivity (Wildman–Crippen MR) is 194 cm³/mol. The molecule has 3 N–H and O–H groups in total. The predicted octanol–water partition coefficient (Wildman–Crippen LogP) is 4.37. The van der Waals surface area contributed by atoms with Gasteiger partial charge < -0.3 is 19.8 Å². The Morgan fingerprint density at radius 1 is 0.891 bits per heavy atom. The van der Waals surface area contributed by atoms with E-state index in [-0.39, 0.29) is 61.0 Å². The molecular weight excluding hydrogens is 712 g/mol. The average Bonchev–Trinajstić information content (AvgIpc) is 3.81. The van der Waals surface area contributed by atoms with Crippen LogP contribution in [0.15, 0.2) is 102 Å². The summed E-state index contributed by atoms with van der Waals surface area (Å²) in [5, 5.41) is 18.6. The zero-order valence-electron chi connectivity index (χ0n) is 28.8. The number of amides is 6. The number of imide groups is 2. The first-order valence-electron chi connectivity index (χ1n) is 17.0. The highest BCUT2D eigenvalue weighted by molar-refractivity contribution is 6.24. The molecular formula is C39H30N6O10. The Morgan fingerprint density at radius 2 is 1.62 bits per heavy atom. The summed E-state index contributed by atoms with van der Waals surface area (Å²) in [6.07, 6.45) is 1.57. The Hall–Kier alpha value is -7.33. The van der Waals surface area contributed by atoms with Gasteiger partial charge in [-0.15, -0.1) is 0 Å². The molecule has 2 aromatic heterocycles. The minimum Gasteiger partial charge on any atom is -0.463 e. The first-order chi connectivity index (χ1) is 26.5. The van der Waals surface area contributed by atoms with Gasteiger partial charge >= 0.3 is 0 Å². The minimum atomic E-state index is -1.10. The Kier molecular flexibility index (Phi) is 10.1. The third-order valence-corrected chi connectivity index (χ3v) is 8.94. The summed E-state index contributed by atoms with van der Waals surface area (Å²) >= 11 is 0. The van der Waals surface area contributed by atoms with Crippen LogP contribution < -0.4 is 16.0 Å². The molecule has 1 fully saturated rings. The van der Waals surface area contributed by atoms with Crippen LogP contribution in [0, 0.1) is 10.1 Å². The van der Waals surface area contributed by atoms with E-state index < -0.39 is 40.5 Å². The second-order valence-corrected chi connectivity index (χ2v) is 12.5. The lowest BCUT2D eigenvalue weighted by Gasteiger charge is -2.27. The topological polar surface area (TPSA) is 220 Å². The van der Waals surface area contributed by atoms with E-state index in [2.05, 4.69) is 16.0 Å². The maximum Gasteiger partial charge on any atom is 0.269 e. The van der Waals surface area contributed by atoms with Crippen molar-refractivity contribution in [3.8, 4) is 33.8 Å². The van der Waals surface area contributed by atoms with E-state index in [1.165, 1.54) is 36.6 Å². The number of nitrogens with zero attached hydrogens (tertiary/aromatic N) is 3. The zero-order valence-corrected chi connectivity index (χ0v) is 28.8. The molecule has 0 aliphatic carbocycles. The summed E-state index contributed by atoms with van der Waals surface area (Å²) in [5.74, 6) is -2.90. The number of nitrogens with one attached hydrogen (secondary N) is 3. The molecule has 0 radical (unpaired) electrons. The van der Waals surface area contributed by atoms with Gasteiger partial charge in [0.25, 0.3) is 23.4 Å². The number of anilines is 1. The fourth-order valence-electron chi connectivity index (χ4n) is 6.21. The van der Waals surface area contributed by atoms with Gasteiger partial charge in [0.15, 0.2) is 5.76 Å². The number of hydrogen-bond acceptors (Lipinski definition) is 11. The van der Waals surface area contributed by atoms with Crippen molar-refractivity contribution in [3.05, 3.63) is 124 Å². The normalized spacial score (nSPS) is 15.1. The summed E-state index contributed by atoms with van der Waals surface area (Å²) in [6.45, 7) is -0.229. The Balaban J connectivity index is 0.909. The van der Waals surface area contributed by atoms with Crippen LogP contribution in [-0.2, 0) is 19.1 Å². The van der Waals surface area contributed by atoms with Gasteiger partial charge in [-0.2, -0.15) is 0 Å². The van der Waals surface area contributed by atoms with Gasteiger partial charge in [-0.05, 0) is 84.3 Å². The zero-order chi connectivity index (χ0) is 38.6. The van der Waals surface area contributed by atoms with Crippen LogP contribution in [0.25, 0.3) is 33.8 Å². The lowest BCUT2D eigenvalue weighted by molar-refractivity contribution is -0.384. The standard InChI is InChI=1S/C39H30N6O10/c46-34-14-13-32(37(49)43-34)44-38(50)28-12-9-26(20-29(28)39(44)51)41-35(47)21-54-17-15-40-36(48)24-5-3-22(4-6-24)25-18-30(23-7-10-27(11-8-23)45(52)53)42-31(19-25)33-2-1-16-55-33/h1-12,16,18-20,32H,13-15,17,21H2,(H,40,48)(H,41,47)(H,43,46,49). The monoisotopic (exact) mass is 742 g/mol. The number of carbonyl (C=O) groups is 6. The van der Waals surface area contributed by atoms with Crippen molar-refractivity contribution in [3.63, 3.8) is 0 Å². The lowest BCUT2D eigenvalue weighted by atomic mass is 10.00. The number of benzene rings is 3. The van der Waals surface area contributed by atoms with Crippen LogP contribution in [-0.4, -0.2) is 76.1 Å². The molecule has 1 atom stereocenters. The van der Waals surface area contributed by atoms with Crippen molar-refractivity contribution in [2.24, 2.45) is 0 Å². The molecule has 2 aliphatic rings. The molecule has 55 heavy (non-hydrogen) atoms. The highest BCUT2D eigenvalue weighted by atomic mass is 16.6. The first-order valence-corrected chi connectivity index (χ1v) is 17.0. The number of pyridine rings is 1. The van der Waals surface area contributed by atoms with Gasteiger partial charge in [-0.25, -0.2) is 4.98 Å². The summed E-state index contributed by atoms with van der Waals surface area (Å²) in [4.78, 5) is 91.3. The summed E-state index contributed by atoms with van der Waals surface area (Å²) in [5.41, 5.74) is 4.07. The molecule has 0 spiro atoms. The highest BCUT2D eigenvalue weighted by Gasteiger charge is 2.44. The third-order valence-electron chi connectivity index (χ3n) is 8.94. The van der Waals surface area contributed by atoms with Crippen molar-refractivity contribution in [1.82, 2.24) is 20.5 Å². The van der Waals surface area contributed by atoms with Crippen molar-refractivity contribution in [1.29, 1.82) is 0 Å². The molecule has 4 heterocycles. The SMILES string of the molecule is O=C1CCC(N2C(=O)c3ccc(NC(=O)COCCNC(=O)c4ccc(-c5cc(-c6ccc([N+](=O)[O-])cc6)nc(-c6ccco6)c5)cc4)cc3C2=O)C(=O)N1. The van der Waals surface area contributed by atoms with Crippen LogP contribution in [0.4, 0.5) is 11.4 Å². The number of furan rings is 1. The van der Waals surface area contributed by atoms with E-state index in [9.17, 15) is 38.9 Å². The number of rotatable bonds is 12. The van der Waals surface area contributed by atoms with E-state index in [4.69, 9.17) is 14.1 Å². The number of piperidine rings is 1.